The van der Waals surface area contributed by atoms with E-state index in [9.17, 15) is 17.4 Å². The van der Waals surface area contributed by atoms with Crippen LogP contribution in [0.1, 0.15) is 18.2 Å². The zero-order valence-electron chi connectivity index (χ0n) is 17.9. The van der Waals surface area contributed by atoms with Crippen molar-refractivity contribution in [3.63, 3.8) is 0 Å². The third-order valence-electron chi connectivity index (χ3n) is 5.21. The molecule has 0 spiro atoms. The minimum atomic E-state index is -4.54. The monoisotopic (exact) mass is 467 g/mol. The van der Waals surface area contributed by atoms with Crippen LogP contribution in [0.5, 0.6) is 0 Å². The second-order valence-electron chi connectivity index (χ2n) is 7.52. The molecule has 0 amide bonds. The Morgan fingerprint density at radius 1 is 0.970 bits per heavy atom. The number of nitrogens with one attached hydrogen (secondary N) is 1. The highest BCUT2D eigenvalue weighted by atomic mass is 32.2. The van der Waals surface area contributed by atoms with E-state index in [-0.39, 0.29) is 17.1 Å². The first kappa shape index (κ1) is 22.7. The van der Waals surface area contributed by atoms with Crippen molar-refractivity contribution in [3.05, 3.63) is 90.3 Å². The molecule has 0 aliphatic carbocycles. The maximum atomic E-state index is 13.7. The van der Waals surface area contributed by atoms with Gasteiger partial charge in [-0.15, -0.1) is 0 Å². The van der Waals surface area contributed by atoms with E-state index < -0.39 is 22.5 Å². The molecule has 1 aromatic heterocycles. The van der Waals surface area contributed by atoms with E-state index in [1.54, 1.807) is 42.1 Å². The minimum absolute atomic E-state index is 0.0558. The summed E-state index contributed by atoms with van der Waals surface area (Å²) in [6.07, 6.45) is -1.35. The van der Waals surface area contributed by atoms with Gasteiger partial charge in [0.2, 0.25) is 0 Å². The number of rotatable bonds is 5. The van der Waals surface area contributed by atoms with E-state index in [1.807, 2.05) is 30.3 Å². The summed E-state index contributed by atoms with van der Waals surface area (Å²) < 4.78 is 54.4. The lowest BCUT2D eigenvalue weighted by atomic mass is 10.0. The zero-order valence-corrected chi connectivity index (χ0v) is 18.7. The molecule has 3 aromatic carbocycles. The Labute approximate surface area is 191 Å². The minimum Gasteiger partial charge on any atom is -0.303 e. The molecule has 33 heavy (non-hydrogen) atoms. The predicted octanol–water partition coefficient (Wildman–Crippen LogP) is 6.35. The number of aromatic nitrogens is 2. The Morgan fingerprint density at radius 3 is 2.30 bits per heavy atom. The highest BCUT2D eigenvalue weighted by Gasteiger charge is 2.34. The Morgan fingerprint density at radius 2 is 1.67 bits per heavy atom. The maximum absolute atomic E-state index is 13.7. The highest BCUT2D eigenvalue weighted by molar-refractivity contribution is 7.84. The number of halogens is 3. The van der Waals surface area contributed by atoms with Crippen LogP contribution in [-0.2, 0) is 17.0 Å². The molecule has 1 N–H and O–H groups in total. The van der Waals surface area contributed by atoms with Crippen LogP contribution in [0.4, 0.5) is 13.2 Å². The Hall–Kier alpha value is -3.52. The molecule has 1 unspecified atom stereocenters. The number of nitrogens with zero attached hydrogens (tertiary/aromatic N) is 2. The van der Waals surface area contributed by atoms with Crippen LogP contribution in [0.15, 0.2) is 83.9 Å². The molecule has 4 rings (SSSR count). The van der Waals surface area contributed by atoms with E-state index in [0.29, 0.717) is 16.3 Å². The average Bonchev–Trinajstić information content (AvgIpc) is 3.24. The van der Waals surface area contributed by atoms with E-state index >= 15 is 0 Å². The SMILES string of the molecule is CC(=N)c1cn(-c2ccc(-c3cccc(S(C)=O)c3)cc2)c(-c2ccccc2C(F)(F)F)n1. The maximum Gasteiger partial charge on any atom is 0.417 e. The van der Waals surface area contributed by atoms with Gasteiger partial charge in [0.05, 0.1) is 11.3 Å². The number of alkyl halides is 3. The van der Waals surface area contributed by atoms with E-state index in [0.717, 1.165) is 17.2 Å². The van der Waals surface area contributed by atoms with E-state index in [1.165, 1.54) is 18.2 Å². The van der Waals surface area contributed by atoms with Gasteiger partial charge in [-0.25, -0.2) is 4.98 Å². The molecule has 0 bridgehead atoms. The van der Waals surface area contributed by atoms with Crippen molar-refractivity contribution in [2.24, 2.45) is 0 Å². The molecule has 168 valence electrons. The molecule has 0 fully saturated rings. The molecule has 0 saturated carbocycles. The fourth-order valence-electron chi connectivity index (χ4n) is 3.54. The van der Waals surface area contributed by atoms with Crippen molar-refractivity contribution in [2.75, 3.05) is 6.26 Å². The highest BCUT2D eigenvalue weighted by Crippen LogP contribution is 2.37. The number of hydrogen-bond donors (Lipinski definition) is 1. The first-order valence-corrected chi connectivity index (χ1v) is 11.6. The second kappa shape index (κ2) is 8.78. The normalized spacial score (nSPS) is 12.5. The largest absolute Gasteiger partial charge is 0.417 e. The smallest absolute Gasteiger partial charge is 0.303 e. The summed E-state index contributed by atoms with van der Waals surface area (Å²) in [5.74, 6) is 0.112. The van der Waals surface area contributed by atoms with Crippen LogP contribution >= 0.6 is 0 Å². The first-order chi connectivity index (χ1) is 15.6. The lowest BCUT2D eigenvalue weighted by molar-refractivity contribution is -0.137. The average molecular weight is 468 g/mol. The van der Waals surface area contributed by atoms with Crippen molar-refractivity contribution < 1.29 is 17.4 Å². The molecule has 1 atom stereocenters. The van der Waals surface area contributed by atoms with Crippen LogP contribution in [-0.4, -0.2) is 25.7 Å². The van der Waals surface area contributed by atoms with Gasteiger partial charge in [-0.05, 0) is 48.4 Å². The molecular formula is C25H20F3N3OS. The summed E-state index contributed by atoms with van der Waals surface area (Å²) in [4.78, 5) is 5.06. The van der Waals surface area contributed by atoms with Gasteiger partial charge in [-0.2, -0.15) is 13.2 Å². The van der Waals surface area contributed by atoms with E-state index in [2.05, 4.69) is 4.98 Å². The number of benzene rings is 3. The lowest BCUT2D eigenvalue weighted by Gasteiger charge is -2.14. The summed E-state index contributed by atoms with van der Waals surface area (Å²) in [6, 6.07) is 20.0. The Kier molecular flexibility index (Phi) is 6.03. The van der Waals surface area contributed by atoms with Gasteiger partial charge in [0.1, 0.15) is 11.5 Å². The van der Waals surface area contributed by atoms with Gasteiger partial charge in [0.25, 0.3) is 0 Å². The third kappa shape index (κ3) is 4.66. The van der Waals surface area contributed by atoms with Crippen LogP contribution in [0, 0.1) is 5.41 Å². The third-order valence-corrected chi connectivity index (χ3v) is 6.13. The van der Waals surface area contributed by atoms with Crippen LogP contribution in [0.3, 0.4) is 0 Å². The molecule has 1 heterocycles. The quantitative estimate of drug-likeness (QED) is 0.348. The zero-order chi connectivity index (χ0) is 23.8. The molecule has 0 aliphatic heterocycles. The van der Waals surface area contributed by atoms with Crippen molar-refractivity contribution in [3.8, 4) is 28.2 Å². The number of imidazole rings is 1. The van der Waals surface area contributed by atoms with Gasteiger partial charge in [0.15, 0.2) is 0 Å². The summed E-state index contributed by atoms with van der Waals surface area (Å²) in [5, 5.41) is 7.93. The van der Waals surface area contributed by atoms with Gasteiger partial charge in [0, 0.05) is 39.4 Å². The predicted molar refractivity (Wildman–Crippen MR) is 124 cm³/mol. The van der Waals surface area contributed by atoms with Crippen molar-refractivity contribution in [1.29, 1.82) is 5.41 Å². The van der Waals surface area contributed by atoms with Gasteiger partial charge < -0.3 is 5.41 Å². The molecule has 8 heteroatoms. The van der Waals surface area contributed by atoms with Gasteiger partial charge >= 0.3 is 6.18 Å². The van der Waals surface area contributed by atoms with Crippen molar-refractivity contribution in [1.82, 2.24) is 9.55 Å². The Balaban J connectivity index is 1.82. The molecule has 0 saturated heterocycles. The van der Waals surface area contributed by atoms with Crippen LogP contribution in [0.25, 0.3) is 28.2 Å². The molecule has 0 aliphatic rings. The summed E-state index contributed by atoms with van der Waals surface area (Å²) >= 11 is 0. The van der Waals surface area contributed by atoms with Crippen LogP contribution < -0.4 is 0 Å². The number of hydrogen-bond acceptors (Lipinski definition) is 3. The van der Waals surface area contributed by atoms with Gasteiger partial charge in [-0.3, -0.25) is 8.78 Å². The van der Waals surface area contributed by atoms with Crippen molar-refractivity contribution >= 4 is 16.5 Å². The second-order valence-corrected chi connectivity index (χ2v) is 8.90. The standard InChI is InChI=1S/C25H20F3N3OS/c1-16(29)23-15-31(24(30-23)21-8-3-4-9-22(21)25(26,27)28)19-12-10-17(11-13-19)18-6-5-7-20(14-18)33(2)32/h3-15,29H,1-2H3. The fraction of sp³-hybridized carbons (Fsp3) is 0.120. The molecule has 0 radical (unpaired) electrons. The van der Waals surface area contributed by atoms with Crippen molar-refractivity contribution in [2.45, 2.75) is 18.0 Å². The Bertz CT molecular complexity index is 1360. The molecule has 4 aromatic rings. The molecular weight excluding hydrogens is 447 g/mol. The summed E-state index contributed by atoms with van der Waals surface area (Å²) in [5.41, 5.74) is 1.99. The lowest BCUT2D eigenvalue weighted by Crippen LogP contribution is -2.09. The summed E-state index contributed by atoms with van der Waals surface area (Å²) in [6.45, 7) is 1.54. The van der Waals surface area contributed by atoms with E-state index in [4.69, 9.17) is 5.41 Å². The fourth-order valence-corrected chi connectivity index (χ4v) is 4.11. The first-order valence-electron chi connectivity index (χ1n) is 10.0. The molecule has 4 nitrogen and oxygen atoms in total. The van der Waals surface area contributed by atoms with Gasteiger partial charge in [-0.1, -0.05) is 42.5 Å². The van der Waals surface area contributed by atoms with Crippen LogP contribution in [0.2, 0.25) is 0 Å². The summed E-state index contributed by atoms with van der Waals surface area (Å²) in [7, 11) is -1.11. The topological polar surface area (TPSA) is 58.7 Å².